The number of carbonyl (C=O) groups is 1. The quantitative estimate of drug-likeness (QED) is 0.630. The number of halogens is 1. The van der Waals surface area contributed by atoms with Crippen LogP contribution in [0.25, 0.3) is 0 Å². The summed E-state index contributed by atoms with van der Waals surface area (Å²) in [5, 5.41) is 12.4. The van der Waals surface area contributed by atoms with Crippen LogP contribution in [0.3, 0.4) is 0 Å². The molecular weight excluding hydrogens is 178 g/mol. The summed E-state index contributed by atoms with van der Waals surface area (Å²) in [7, 11) is 0. The van der Waals surface area contributed by atoms with Gasteiger partial charge in [0.25, 0.3) is 0 Å². The van der Waals surface area contributed by atoms with Gasteiger partial charge in [-0.05, 0) is 26.2 Å². The van der Waals surface area contributed by atoms with Crippen molar-refractivity contribution in [2.24, 2.45) is 0 Å². The molecule has 1 fully saturated rings. The zero-order chi connectivity index (χ0) is 9.19. The van der Waals surface area contributed by atoms with Crippen LogP contribution in [0.4, 0.5) is 0 Å². The number of alkyl halides is 1. The topological polar surface area (TPSA) is 49.3 Å². The molecule has 0 aromatic heterocycles. The SMILES string of the molecule is CC1(O)CCCC1NC(=O)CCl. The lowest BCUT2D eigenvalue weighted by molar-refractivity contribution is -0.121. The molecule has 0 aliphatic heterocycles. The first-order chi connectivity index (χ1) is 5.56. The lowest BCUT2D eigenvalue weighted by Gasteiger charge is -2.25. The normalized spacial score (nSPS) is 35.1. The first-order valence-corrected chi connectivity index (χ1v) is 4.67. The van der Waals surface area contributed by atoms with Gasteiger partial charge in [-0.25, -0.2) is 0 Å². The van der Waals surface area contributed by atoms with Crippen molar-refractivity contribution in [1.29, 1.82) is 0 Å². The van der Waals surface area contributed by atoms with Gasteiger partial charge in [0.1, 0.15) is 5.88 Å². The van der Waals surface area contributed by atoms with Crippen molar-refractivity contribution in [2.45, 2.75) is 37.8 Å². The lowest BCUT2D eigenvalue weighted by atomic mass is 10.0. The maximum atomic E-state index is 10.9. The number of rotatable bonds is 2. The molecule has 1 rings (SSSR count). The van der Waals surface area contributed by atoms with Gasteiger partial charge in [-0.2, -0.15) is 0 Å². The van der Waals surface area contributed by atoms with Crippen LogP contribution in [0.5, 0.6) is 0 Å². The van der Waals surface area contributed by atoms with Crippen LogP contribution in [0.15, 0.2) is 0 Å². The molecule has 0 bridgehead atoms. The Kier molecular flexibility index (Phi) is 2.96. The van der Waals surface area contributed by atoms with Crippen LogP contribution in [0.1, 0.15) is 26.2 Å². The summed E-state index contributed by atoms with van der Waals surface area (Å²) in [4.78, 5) is 10.9. The molecule has 0 heterocycles. The Bertz CT molecular complexity index is 182. The molecule has 3 nitrogen and oxygen atoms in total. The van der Waals surface area contributed by atoms with E-state index in [1.54, 1.807) is 6.92 Å². The number of aliphatic hydroxyl groups is 1. The van der Waals surface area contributed by atoms with Gasteiger partial charge in [-0.3, -0.25) is 4.79 Å². The smallest absolute Gasteiger partial charge is 0.235 e. The van der Waals surface area contributed by atoms with Crippen LogP contribution in [-0.2, 0) is 4.79 Å². The molecule has 70 valence electrons. The Labute approximate surface area is 77.1 Å². The van der Waals surface area contributed by atoms with E-state index in [9.17, 15) is 9.90 Å². The Morgan fingerprint density at radius 2 is 2.50 bits per heavy atom. The Balaban J connectivity index is 2.47. The fourth-order valence-corrected chi connectivity index (χ4v) is 1.69. The van der Waals surface area contributed by atoms with E-state index in [4.69, 9.17) is 11.6 Å². The summed E-state index contributed by atoms with van der Waals surface area (Å²) in [6.07, 6.45) is 2.55. The summed E-state index contributed by atoms with van der Waals surface area (Å²) >= 11 is 5.33. The van der Waals surface area contributed by atoms with Crippen molar-refractivity contribution >= 4 is 17.5 Å². The number of hydrogen-bond donors (Lipinski definition) is 2. The van der Waals surface area contributed by atoms with Crippen molar-refractivity contribution in [3.63, 3.8) is 0 Å². The van der Waals surface area contributed by atoms with Crippen LogP contribution >= 0.6 is 11.6 Å². The number of carbonyl (C=O) groups excluding carboxylic acids is 1. The molecule has 1 amide bonds. The molecule has 1 aliphatic carbocycles. The average Bonchev–Trinajstić information content (AvgIpc) is 2.31. The number of nitrogens with one attached hydrogen (secondary N) is 1. The summed E-state index contributed by atoms with van der Waals surface area (Å²) < 4.78 is 0. The zero-order valence-electron chi connectivity index (χ0n) is 7.14. The molecule has 0 aromatic carbocycles. The summed E-state index contributed by atoms with van der Waals surface area (Å²) in [5.41, 5.74) is -0.748. The molecule has 0 radical (unpaired) electrons. The highest BCUT2D eigenvalue weighted by Crippen LogP contribution is 2.29. The minimum absolute atomic E-state index is 0.0351. The zero-order valence-corrected chi connectivity index (χ0v) is 7.90. The van der Waals surface area contributed by atoms with E-state index in [2.05, 4.69) is 5.32 Å². The molecular formula is C8H14ClNO2. The second kappa shape index (κ2) is 3.62. The van der Waals surface area contributed by atoms with Gasteiger partial charge in [-0.15, -0.1) is 11.6 Å². The summed E-state index contributed by atoms with van der Waals surface area (Å²) in [6.45, 7) is 1.75. The third kappa shape index (κ3) is 2.11. The maximum absolute atomic E-state index is 10.9. The van der Waals surface area contributed by atoms with Gasteiger partial charge in [0.2, 0.25) is 5.91 Å². The highest BCUT2D eigenvalue weighted by molar-refractivity contribution is 6.27. The van der Waals surface area contributed by atoms with Crippen molar-refractivity contribution in [3.05, 3.63) is 0 Å². The fraction of sp³-hybridized carbons (Fsp3) is 0.875. The van der Waals surface area contributed by atoms with Crippen molar-refractivity contribution in [1.82, 2.24) is 5.32 Å². The van der Waals surface area contributed by atoms with Crippen molar-refractivity contribution in [2.75, 3.05) is 5.88 Å². The van der Waals surface area contributed by atoms with E-state index in [1.807, 2.05) is 0 Å². The van der Waals surface area contributed by atoms with Crippen LogP contribution in [-0.4, -0.2) is 28.5 Å². The predicted octanol–water partition coefficient (Wildman–Crippen LogP) is 0.645. The molecule has 1 saturated carbocycles. The molecule has 2 unspecified atom stereocenters. The van der Waals surface area contributed by atoms with Gasteiger partial charge in [0, 0.05) is 0 Å². The molecule has 1 aliphatic rings. The lowest BCUT2D eigenvalue weighted by Crippen LogP contribution is -2.47. The largest absolute Gasteiger partial charge is 0.388 e. The van der Waals surface area contributed by atoms with E-state index < -0.39 is 5.60 Å². The molecule has 2 N–H and O–H groups in total. The van der Waals surface area contributed by atoms with Gasteiger partial charge in [0.15, 0.2) is 0 Å². The van der Waals surface area contributed by atoms with E-state index in [-0.39, 0.29) is 17.8 Å². The molecule has 0 spiro atoms. The van der Waals surface area contributed by atoms with Gasteiger partial charge in [-0.1, -0.05) is 0 Å². The third-order valence-electron chi connectivity index (χ3n) is 2.38. The van der Waals surface area contributed by atoms with E-state index in [0.717, 1.165) is 19.3 Å². The standard InChI is InChI=1S/C8H14ClNO2/c1-8(12)4-2-3-6(8)10-7(11)5-9/h6,12H,2-5H2,1H3,(H,10,11). The molecule has 12 heavy (non-hydrogen) atoms. The highest BCUT2D eigenvalue weighted by Gasteiger charge is 2.37. The van der Waals surface area contributed by atoms with E-state index >= 15 is 0 Å². The average molecular weight is 192 g/mol. The molecule has 0 aromatic rings. The maximum Gasteiger partial charge on any atom is 0.235 e. The van der Waals surface area contributed by atoms with Gasteiger partial charge < -0.3 is 10.4 Å². The summed E-state index contributed by atoms with van der Waals surface area (Å²) in [5.74, 6) is -0.240. The van der Waals surface area contributed by atoms with Gasteiger partial charge in [0.05, 0.1) is 11.6 Å². The van der Waals surface area contributed by atoms with Gasteiger partial charge >= 0.3 is 0 Å². The van der Waals surface area contributed by atoms with Crippen LogP contribution in [0, 0.1) is 0 Å². The van der Waals surface area contributed by atoms with Crippen LogP contribution in [0.2, 0.25) is 0 Å². The first kappa shape index (κ1) is 9.81. The Hall–Kier alpha value is -0.280. The highest BCUT2D eigenvalue weighted by atomic mass is 35.5. The Morgan fingerprint density at radius 1 is 1.83 bits per heavy atom. The third-order valence-corrected chi connectivity index (χ3v) is 2.63. The second-order valence-electron chi connectivity index (χ2n) is 3.50. The number of hydrogen-bond acceptors (Lipinski definition) is 2. The molecule has 0 saturated heterocycles. The predicted molar refractivity (Wildman–Crippen MR) is 47.1 cm³/mol. The number of amides is 1. The van der Waals surface area contributed by atoms with Crippen molar-refractivity contribution in [3.8, 4) is 0 Å². The van der Waals surface area contributed by atoms with Crippen molar-refractivity contribution < 1.29 is 9.90 Å². The monoisotopic (exact) mass is 191 g/mol. The van der Waals surface area contributed by atoms with E-state index in [1.165, 1.54) is 0 Å². The van der Waals surface area contributed by atoms with Crippen LogP contribution < -0.4 is 5.32 Å². The minimum Gasteiger partial charge on any atom is -0.388 e. The Morgan fingerprint density at radius 3 is 2.92 bits per heavy atom. The second-order valence-corrected chi connectivity index (χ2v) is 3.77. The fourth-order valence-electron chi connectivity index (χ4n) is 1.61. The molecule has 4 heteroatoms. The van der Waals surface area contributed by atoms with E-state index in [0.29, 0.717) is 0 Å². The summed E-state index contributed by atoms with van der Waals surface area (Å²) in [6, 6.07) is -0.122. The minimum atomic E-state index is -0.748. The first-order valence-electron chi connectivity index (χ1n) is 4.14. The molecule has 2 atom stereocenters.